The Morgan fingerprint density at radius 2 is 2.16 bits per heavy atom. The average molecular weight is 449 g/mol. The van der Waals surface area contributed by atoms with Crippen LogP contribution in [0.4, 0.5) is 11.5 Å². The predicted molar refractivity (Wildman–Crippen MR) is 121 cm³/mol. The largest absolute Gasteiger partial charge is 0.494 e. The molecule has 0 saturated heterocycles. The van der Waals surface area contributed by atoms with Crippen LogP contribution in [0.2, 0.25) is 0 Å². The first-order valence-electron chi connectivity index (χ1n) is 10.1. The Morgan fingerprint density at radius 1 is 1.31 bits per heavy atom. The fourth-order valence-corrected chi connectivity index (χ4v) is 5.02. The molecule has 1 aliphatic rings. The monoisotopic (exact) mass is 449 g/mol. The van der Waals surface area contributed by atoms with Crippen molar-refractivity contribution in [3.8, 4) is 10.9 Å². The summed E-state index contributed by atoms with van der Waals surface area (Å²) < 4.78 is 8.18. The molecule has 0 radical (unpaired) electrons. The van der Waals surface area contributed by atoms with Gasteiger partial charge in [-0.05, 0) is 37.6 Å². The summed E-state index contributed by atoms with van der Waals surface area (Å²) in [7, 11) is 0. The molecule has 4 aromatic rings. The van der Waals surface area contributed by atoms with Crippen molar-refractivity contribution in [2.75, 3.05) is 11.9 Å². The number of hydrogen-bond donors (Lipinski definition) is 1. The Kier molecular flexibility index (Phi) is 4.86. The van der Waals surface area contributed by atoms with Crippen LogP contribution in [0.3, 0.4) is 0 Å². The Morgan fingerprint density at radius 3 is 2.94 bits per heavy atom. The molecule has 0 unspecified atom stereocenters. The number of ether oxygens (including phenoxy) is 1. The number of aromatic nitrogens is 3. The van der Waals surface area contributed by atoms with Crippen molar-refractivity contribution in [3.63, 3.8) is 0 Å². The number of anilines is 1. The average Bonchev–Trinajstić information content (AvgIpc) is 3.34. The van der Waals surface area contributed by atoms with E-state index in [0.717, 1.165) is 27.2 Å². The summed E-state index contributed by atoms with van der Waals surface area (Å²) in [6.45, 7) is 4.38. The third-order valence-corrected chi connectivity index (χ3v) is 6.42. The summed E-state index contributed by atoms with van der Waals surface area (Å²) in [6.07, 6.45) is 0.193. The minimum absolute atomic E-state index is 0.00338. The second-order valence-electron chi connectivity index (χ2n) is 7.48. The maximum absolute atomic E-state index is 12.6. The highest BCUT2D eigenvalue weighted by Crippen LogP contribution is 2.41. The van der Waals surface area contributed by atoms with Crippen LogP contribution in [0.15, 0.2) is 42.5 Å². The van der Waals surface area contributed by atoms with Crippen LogP contribution in [0.5, 0.6) is 5.75 Å². The molecule has 0 bridgehead atoms. The van der Waals surface area contributed by atoms with Crippen molar-refractivity contribution >= 4 is 39.0 Å². The Hall–Kier alpha value is -3.79. The number of aryl methyl sites for hydroxylation is 1. The van der Waals surface area contributed by atoms with Gasteiger partial charge in [0.25, 0.3) is 5.69 Å². The number of hydrogen-bond acceptors (Lipinski definition) is 7. The van der Waals surface area contributed by atoms with Crippen LogP contribution in [-0.4, -0.2) is 32.2 Å². The number of nitrogens with zero attached hydrogens (tertiary/aromatic N) is 4. The number of nitro benzene ring substituents is 1. The molecule has 0 aliphatic carbocycles. The van der Waals surface area contributed by atoms with Gasteiger partial charge in [-0.25, -0.2) is 4.98 Å². The molecule has 32 heavy (non-hydrogen) atoms. The van der Waals surface area contributed by atoms with Crippen LogP contribution in [0, 0.1) is 17.0 Å². The van der Waals surface area contributed by atoms with Gasteiger partial charge in [-0.2, -0.15) is 9.78 Å². The fraction of sp³-hybridized carbons (Fsp3) is 0.227. The molecule has 2 aromatic carbocycles. The van der Waals surface area contributed by atoms with Gasteiger partial charge in [0, 0.05) is 30.0 Å². The Labute approximate surface area is 186 Å². The summed E-state index contributed by atoms with van der Waals surface area (Å²) >= 11 is 1.45. The van der Waals surface area contributed by atoms with E-state index >= 15 is 0 Å². The standard InChI is InChI=1S/C22H19N5O4S/c1-3-31-15-7-8-17-18(10-15)32-22(23-17)26-21-20(12(2)25-26)16(11-19(28)24-21)13-5-4-6-14(9-13)27(29)30/h4-10,16H,3,11H2,1-2H3,(H,24,28)/t16-/m1/s1. The molecule has 1 atom stereocenters. The molecule has 1 aliphatic heterocycles. The fourth-order valence-electron chi connectivity index (χ4n) is 4.07. The van der Waals surface area contributed by atoms with E-state index in [1.165, 1.54) is 23.5 Å². The van der Waals surface area contributed by atoms with Crippen LogP contribution in [-0.2, 0) is 4.79 Å². The second kappa shape index (κ2) is 7.72. The molecular formula is C22H19N5O4S. The Balaban J connectivity index is 1.61. The summed E-state index contributed by atoms with van der Waals surface area (Å²) in [6, 6.07) is 12.1. The summed E-state index contributed by atoms with van der Waals surface area (Å²) in [5.41, 5.74) is 3.11. The normalized spacial score (nSPS) is 15.4. The van der Waals surface area contributed by atoms with Crippen LogP contribution in [0.1, 0.15) is 36.1 Å². The highest BCUT2D eigenvalue weighted by Gasteiger charge is 2.33. The summed E-state index contributed by atoms with van der Waals surface area (Å²) in [4.78, 5) is 28.1. The first-order chi connectivity index (χ1) is 15.4. The number of carbonyl (C=O) groups excluding carboxylic acids is 1. The second-order valence-corrected chi connectivity index (χ2v) is 8.48. The maximum Gasteiger partial charge on any atom is 0.269 e. The molecule has 9 nitrogen and oxygen atoms in total. The molecular weight excluding hydrogens is 430 g/mol. The molecule has 10 heteroatoms. The Bertz CT molecular complexity index is 1380. The van der Waals surface area contributed by atoms with Gasteiger partial charge >= 0.3 is 0 Å². The quantitative estimate of drug-likeness (QED) is 0.353. The number of carbonyl (C=O) groups is 1. The molecule has 0 fully saturated rings. The van der Waals surface area contributed by atoms with Crippen molar-refractivity contribution in [3.05, 3.63) is 69.4 Å². The number of amides is 1. The van der Waals surface area contributed by atoms with Crippen LogP contribution < -0.4 is 10.1 Å². The van der Waals surface area contributed by atoms with E-state index in [0.29, 0.717) is 23.1 Å². The van der Waals surface area contributed by atoms with Crippen molar-refractivity contribution in [2.45, 2.75) is 26.2 Å². The number of benzene rings is 2. The number of fused-ring (bicyclic) bond motifs is 2. The van der Waals surface area contributed by atoms with Gasteiger partial charge < -0.3 is 10.1 Å². The van der Waals surface area contributed by atoms with E-state index in [1.807, 2.05) is 38.1 Å². The molecule has 1 N–H and O–H groups in total. The molecule has 162 valence electrons. The lowest BCUT2D eigenvalue weighted by atomic mass is 9.85. The molecule has 5 rings (SSSR count). The van der Waals surface area contributed by atoms with E-state index < -0.39 is 4.92 Å². The van der Waals surface area contributed by atoms with Gasteiger partial charge in [0.15, 0.2) is 0 Å². The van der Waals surface area contributed by atoms with E-state index in [-0.39, 0.29) is 23.9 Å². The molecule has 0 saturated carbocycles. The van der Waals surface area contributed by atoms with Crippen molar-refractivity contribution < 1.29 is 14.5 Å². The van der Waals surface area contributed by atoms with E-state index in [2.05, 4.69) is 15.4 Å². The predicted octanol–water partition coefficient (Wildman–Crippen LogP) is 4.57. The number of thiazole rings is 1. The highest BCUT2D eigenvalue weighted by molar-refractivity contribution is 7.20. The minimum Gasteiger partial charge on any atom is -0.494 e. The zero-order valence-electron chi connectivity index (χ0n) is 17.4. The van der Waals surface area contributed by atoms with Gasteiger partial charge in [0.2, 0.25) is 11.0 Å². The lowest BCUT2D eigenvalue weighted by Crippen LogP contribution is -2.25. The van der Waals surface area contributed by atoms with Gasteiger partial charge in [-0.3, -0.25) is 14.9 Å². The number of nitrogens with one attached hydrogen (secondary N) is 1. The van der Waals surface area contributed by atoms with Crippen molar-refractivity contribution in [1.82, 2.24) is 14.8 Å². The first-order valence-corrected chi connectivity index (χ1v) is 10.9. The molecule has 2 aromatic heterocycles. The van der Waals surface area contributed by atoms with E-state index in [9.17, 15) is 14.9 Å². The summed E-state index contributed by atoms with van der Waals surface area (Å²) in [5, 5.41) is 19.5. The number of rotatable bonds is 5. The summed E-state index contributed by atoms with van der Waals surface area (Å²) in [5.74, 6) is 0.827. The minimum atomic E-state index is -0.429. The molecule has 1 amide bonds. The van der Waals surface area contributed by atoms with Crippen molar-refractivity contribution in [1.29, 1.82) is 0 Å². The SMILES string of the molecule is CCOc1ccc2nc(-n3nc(C)c4c3NC(=O)C[C@@H]4c3cccc([N+](=O)[O-])c3)sc2c1. The topological polar surface area (TPSA) is 112 Å². The van der Waals surface area contributed by atoms with Gasteiger partial charge in [-0.1, -0.05) is 23.5 Å². The van der Waals surface area contributed by atoms with Crippen LogP contribution in [0.25, 0.3) is 15.3 Å². The lowest BCUT2D eigenvalue weighted by molar-refractivity contribution is -0.384. The molecule has 3 heterocycles. The highest BCUT2D eigenvalue weighted by atomic mass is 32.1. The number of non-ortho nitro benzene ring substituents is 1. The van der Waals surface area contributed by atoms with Gasteiger partial charge in [0.05, 0.1) is 27.4 Å². The lowest BCUT2D eigenvalue weighted by Gasteiger charge is -2.24. The van der Waals surface area contributed by atoms with Crippen molar-refractivity contribution in [2.24, 2.45) is 0 Å². The first kappa shape index (κ1) is 20.1. The third kappa shape index (κ3) is 3.38. The third-order valence-electron chi connectivity index (χ3n) is 5.43. The zero-order chi connectivity index (χ0) is 22.4. The molecule has 0 spiro atoms. The van der Waals surface area contributed by atoms with E-state index in [1.54, 1.807) is 10.7 Å². The van der Waals surface area contributed by atoms with Crippen LogP contribution >= 0.6 is 11.3 Å². The van der Waals surface area contributed by atoms with Gasteiger partial charge in [0.1, 0.15) is 11.6 Å². The smallest absolute Gasteiger partial charge is 0.269 e. The van der Waals surface area contributed by atoms with Gasteiger partial charge in [-0.15, -0.1) is 0 Å². The maximum atomic E-state index is 12.6. The zero-order valence-corrected chi connectivity index (χ0v) is 18.2. The number of nitro groups is 1. The van der Waals surface area contributed by atoms with E-state index in [4.69, 9.17) is 4.74 Å².